The molecule has 1 aliphatic rings. The second-order valence-corrected chi connectivity index (χ2v) is 31.4. The predicted molar refractivity (Wildman–Crippen MR) is 492 cm³/mol. The number of nitrogens with zero attached hydrogens (tertiary/aromatic N) is 7. The number of fused-ring (bicyclic) bond motifs is 7. The topological polar surface area (TPSA) is 82.3 Å². The normalized spacial score (nSPS) is 12.1. The average molecular weight is 1520 g/mol. The molecule has 0 fully saturated rings. The van der Waals surface area contributed by atoms with Crippen LogP contribution in [0.3, 0.4) is 0 Å². The number of aryl methyl sites for hydroxylation is 1. The summed E-state index contributed by atoms with van der Waals surface area (Å²) in [4.78, 5) is 33.0. The van der Waals surface area contributed by atoms with Crippen molar-refractivity contribution in [2.75, 3.05) is 0 Å². The molecule has 0 saturated heterocycles. The second-order valence-electron chi connectivity index (χ2n) is 31.4. The van der Waals surface area contributed by atoms with Crippen LogP contribution in [0.4, 0.5) is 0 Å². The third-order valence-electron chi connectivity index (χ3n) is 23.6. The number of rotatable bonds is 16. The lowest BCUT2D eigenvalue weighted by atomic mass is 9.79. The maximum Gasteiger partial charge on any atom is 0.164 e. The number of aromatic nitrogens is 7. The molecule has 0 atom stereocenters. The molecule has 0 unspecified atom stereocenters. The first-order chi connectivity index (χ1) is 58.6. The zero-order valence-electron chi connectivity index (χ0n) is 65.9. The monoisotopic (exact) mass is 1520 g/mol. The van der Waals surface area contributed by atoms with Crippen LogP contribution in [0.25, 0.3) is 213 Å². The summed E-state index contributed by atoms with van der Waals surface area (Å²) in [5.74, 6) is 3.43. The second kappa shape index (κ2) is 30.1. The van der Waals surface area contributed by atoms with E-state index in [9.17, 15) is 0 Å². The van der Waals surface area contributed by atoms with E-state index < -0.39 is 0 Å². The number of hydrogen-bond donors (Lipinski definition) is 0. The molecule has 0 amide bonds. The van der Waals surface area contributed by atoms with Gasteiger partial charge in [0, 0.05) is 67.7 Å². The molecule has 119 heavy (non-hydrogen) atoms. The van der Waals surface area contributed by atoms with Crippen molar-refractivity contribution in [3.8, 4) is 191 Å². The van der Waals surface area contributed by atoms with Crippen LogP contribution in [0.5, 0.6) is 0 Å². The van der Waals surface area contributed by atoms with Gasteiger partial charge < -0.3 is 4.57 Å². The van der Waals surface area contributed by atoms with Crippen LogP contribution in [0.15, 0.2) is 413 Å². The van der Waals surface area contributed by atoms with Gasteiger partial charge in [-0.2, -0.15) is 0 Å². The fourth-order valence-electron chi connectivity index (χ4n) is 17.7. The summed E-state index contributed by atoms with van der Waals surface area (Å²) in [7, 11) is 2.25. The van der Waals surface area contributed by atoms with Crippen molar-refractivity contribution >= 4 is 21.8 Å². The van der Waals surface area contributed by atoms with E-state index in [0.717, 1.165) is 156 Å². The lowest BCUT2D eigenvalue weighted by molar-refractivity contribution is 0.666. The Kier molecular flexibility index (Phi) is 18.0. The van der Waals surface area contributed by atoms with Crippen LogP contribution in [-0.2, 0) is 12.5 Å². The fourth-order valence-corrected chi connectivity index (χ4v) is 17.7. The zero-order valence-corrected chi connectivity index (χ0v) is 65.9. The number of hydrogen-bond acceptors (Lipinski definition) is 6. The molecule has 0 bridgehead atoms. The Morgan fingerprint density at radius 2 is 0.429 bits per heavy atom. The van der Waals surface area contributed by atoms with Gasteiger partial charge in [0.25, 0.3) is 0 Å². The molecule has 0 saturated carbocycles. The fraction of sp³-hybridized carbons (Fsp3) is 0.0357. The molecule has 0 spiro atoms. The molecule has 7 heteroatoms. The van der Waals surface area contributed by atoms with Crippen molar-refractivity contribution in [3.05, 3.63) is 424 Å². The lowest BCUT2D eigenvalue weighted by Crippen LogP contribution is -2.15. The highest BCUT2D eigenvalue weighted by molar-refractivity contribution is 6.20. The van der Waals surface area contributed by atoms with Crippen molar-refractivity contribution in [3.63, 3.8) is 0 Å². The Morgan fingerprint density at radius 1 is 0.185 bits per heavy atom. The first kappa shape index (κ1) is 71.3. The average Bonchev–Trinajstić information content (AvgIpc) is 1.53. The largest absolute Gasteiger partial charge is 0.343 e. The first-order valence-electron chi connectivity index (χ1n) is 40.6. The molecule has 0 aliphatic heterocycles. The van der Waals surface area contributed by atoms with Crippen molar-refractivity contribution < 1.29 is 0 Å². The highest BCUT2D eigenvalue weighted by Crippen LogP contribution is 2.56. The molecule has 21 rings (SSSR count). The van der Waals surface area contributed by atoms with Crippen molar-refractivity contribution in [1.82, 2.24) is 34.5 Å². The molecule has 7 nitrogen and oxygen atoms in total. The van der Waals surface area contributed by atoms with Gasteiger partial charge in [0.05, 0.1) is 11.0 Å². The third-order valence-corrected chi connectivity index (χ3v) is 23.6. The Hall–Kier alpha value is -15.4. The quantitative estimate of drug-likeness (QED) is 0.0959. The standard InChI is InChI=1S/C112H77N7/c1-112(2)101-50-29-28-47-97(101)100-71-99(81-53-57-83(58-54-81)107-115-110(94-67-88(76-39-20-8-21-40-76)61-89(68-94)77-41-22-9-23-42-77)118-111(116-107)95-69-90(78-43-24-10-25-44-78)62-91(70-95)79-45-26-11-27-46-79)105-102(103(100)112)98-49-30-48-96(104(98)119(105)3)80-51-55-82(56-52-80)106-113-108(92-63-84(72-31-12-4-13-32-72)59-85(64-92)73-33-14-5-15-34-73)117-109(114-106)93-65-86(74-35-16-6-17-36-74)60-87(66-93)75-37-18-7-19-38-75/h4-71H,1-3H3. The Balaban J connectivity index is 0.714. The molecule has 560 valence electrons. The van der Waals surface area contributed by atoms with Gasteiger partial charge in [0.1, 0.15) is 0 Å². The molecular weight excluding hydrogens is 1440 g/mol. The lowest BCUT2D eigenvalue weighted by Gasteiger charge is -2.23. The van der Waals surface area contributed by atoms with Crippen LogP contribution >= 0.6 is 0 Å². The minimum absolute atomic E-state index is 0.322. The number of para-hydroxylation sites is 1. The minimum atomic E-state index is -0.322. The number of benzene rings is 17. The minimum Gasteiger partial charge on any atom is -0.343 e. The summed E-state index contributed by atoms with van der Waals surface area (Å²) in [6, 6.07) is 147. The van der Waals surface area contributed by atoms with E-state index in [1.807, 2.05) is 0 Å². The molecule has 17 aromatic carbocycles. The summed E-state index contributed by atoms with van der Waals surface area (Å²) in [6.45, 7) is 4.79. The molecule has 3 heterocycles. The van der Waals surface area contributed by atoms with E-state index in [-0.39, 0.29) is 5.41 Å². The van der Waals surface area contributed by atoms with E-state index in [2.05, 4.69) is 438 Å². The third kappa shape index (κ3) is 13.5. The predicted octanol–water partition coefficient (Wildman–Crippen LogP) is 28.7. The van der Waals surface area contributed by atoms with E-state index >= 15 is 0 Å². The molecule has 0 radical (unpaired) electrons. The molecule has 1 aliphatic carbocycles. The Bertz CT molecular complexity index is 6720. The zero-order chi connectivity index (χ0) is 79.5. The van der Waals surface area contributed by atoms with Crippen molar-refractivity contribution in [1.29, 1.82) is 0 Å². The van der Waals surface area contributed by atoms with Gasteiger partial charge >= 0.3 is 0 Å². The summed E-state index contributed by atoms with van der Waals surface area (Å²) in [5, 5.41) is 2.44. The van der Waals surface area contributed by atoms with E-state index in [0.29, 0.717) is 34.9 Å². The summed E-state index contributed by atoms with van der Waals surface area (Å²) in [6.07, 6.45) is 0. The molecule has 3 aromatic heterocycles. The maximum absolute atomic E-state index is 5.52. The van der Waals surface area contributed by atoms with E-state index in [4.69, 9.17) is 29.9 Å². The Labute approximate surface area is 692 Å². The van der Waals surface area contributed by atoms with Gasteiger partial charge in [-0.05, 0) is 201 Å². The van der Waals surface area contributed by atoms with Gasteiger partial charge in [-0.3, -0.25) is 0 Å². The van der Waals surface area contributed by atoms with E-state index in [1.54, 1.807) is 0 Å². The maximum atomic E-state index is 5.52. The van der Waals surface area contributed by atoms with Gasteiger partial charge in [0.2, 0.25) is 0 Å². The highest BCUT2D eigenvalue weighted by Gasteiger charge is 2.39. The molecular formula is C112H77N7. The van der Waals surface area contributed by atoms with Crippen LogP contribution in [-0.4, -0.2) is 34.5 Å². The molecule has 20 aromatic rings. The van der Waals surface area contributed by atoms with Crippen molar-refractivity contribution in [2.45, 2.75) is 19.3 Å². The first-order valence-corrected chi connectivity index (χ1v) is 40.6. The van der Waals surface area contributed by atoms with Crippen LogP contribution in [0, 0.1) is 0 Å². The van der Waals surface area contributed by atoms with E-state index in [1.165, 1.54) is 33.0 Å². The van der Waals surface area contributed by atoms with Gasteiger partial charge in [-0.15, -0.1) is 0 Å². The SMILES string of the molecule is Cn1c2c(-c3ccc(-c4nc(-c5cc(-c6ccccc6)cc(-c6ccccc6)c5)nc(-c5cc(-c6ccccc6)cc(-c6ccccc6)c5)n4)cc3)cccc2c2c3c(cc(-c4ccc(-c5nc(-c6cc(-c7ccccc7)cc(-c7ccccc7)c6)nc(-c6cc(-c7ccccc7)cc(-c7ccccc7)c6)n5)cc4)c21)-c1ccccc1C3(C)C. The van der Waals surface area contributed by atoms with Crippen molar-refractivity contribution in [2.24, 2.45) is 7.05 Å². The highest BCUT2D eigenvalue weighted by atomic mass is 15.0. The van der Waals surface area contributed by atoms with Crippen LogP contribution < -0.4 is 0 Å². The van der Waals surface area contributed by atoms with Gasteiger partial charge in [-0.1, -0.05) is 347 Å². The Morgan fingerprint density at radius 3 is 0.731 bits per heavy atom. The summed E-state index contributed by atoms with van der Waals surface area (Å²) in [5.41, 5.74) is 34.1. The smallest absolute Gasteiger partial charge is 0.164 e. The van der Waals surface area contributed by atoms with Crippen LogP contribution in [0.1, 0.15) is 25.0 Å². The summed E-state index contributed by atoms with van der Waals surface area (Å²) < 4.78 is 2.45. The van der Waals surface area contributed by atoms with Gasteiger partial charge in [0.15, 0.2) is 34.9 Å². The molecule has 0 N–H and O–H groups in total. The summed E-state index contributed by atoms with van der Waals surface area (Å²) >= 11 is 0. The van der Waals surface area contributed by atoms with Gasteiger partial charge in [-0.25, -0.2) is 29.9 Å². The van der Waals surface area contributed by atoms with Crippen LogP contribution in [0.2, 0.25) is 0 Å².